The normalized spacial score (nSPS) is 16.0. The maximum Gasteiger partial charge on any atom is 0.226 e. The molecule has 0 aliphatic carbocycles. The summed E-state index contributed by atoms with van der Waals surface area (Å²) in [5, 5.41) is 18.0. The first-order valence-electron chi connectivity index (χ1n) is 8.81. The molecular weight excluding hydrogens is 342 g/mol. The number of aromatic nitrogens is 2. The smallest absolute Gasteiger partial charge is 0.226 e. The lowest BCUT2D eigenvalue weighted by molar-refractivity contribution is -0.116. The Hall–Kier alpha value is -3.28. The molecule has 0 radical (unpaired) electrons. The number of aromatic hydroxyl groups is 1. The Morgan fingerprint density at radius 2 is 1.93 bits per heavy atom. The second-order valence-electron chi connectivity index (χ2n) is 6.82. The molecule has 2 N–H and O–H groups in total. The number of carbonyl (C=O) groups excluding carboxylic acids is 1. The number of hydrogen-bond donors (Lipinski definition) is 2. The predicted octanol–water partition coefficient (Wildman–Crippen LogP) is 3.68. The highest BCUT2D eigenvalue weighted by atomic mass is 16.5. The van der Waals surface area contributed by atoms with Crippen LogP contribution in [0.1, 0.15) is 34.7 Å². The van der Waals surface area contributed by atoms with Gasteiger partial charge >= 0.3 is 0 Å². The van der Waals surface area contributed by atoms with Crippen molar-refractivity contribution in [3.63, 3.8) is 0 Å². The van der Waals surface area contributed by atoms with Crippen LogP contribution in [0.25, 0.3) is 5.69 Å². The lowest BCUT2D eigenvalue weighted by Crippen LogP contribution is -2.25. The van der Waals surface area contributed by atoms with Gasteiger partial charge < -0.3 is 15.2 Å². The Kier molecular flexibility index (Phi) is 4.11. The van der Waals surface area contributed by atoms with Gasteiger partial charge in [-0.05, 0) is 44.2 Å². The van der Waals surface area contributed by atoms with Gasteiger partial charge in [-0.2, -0.15) is 5.10 Å². The van der Waals surface area contributed by atoms with Gasteiger partial charge in [-0.3, -0.25) is 4.79 Å². The van der Waals surface area contributed by atoms with E-state index in [4.69, 9.17) is 4.74 Å². The van der Waals surface area contributed by atoms with Crippen molar-refractivity contribution in [2.45, 2.75) is 26.2 Å². The number of benzene rings is 2. The number of fused-ring (bicyclic) bond motifs is 1. The number of carbonyl (C=O) groups is 1. The Morgan fingerprint density at radius 3 is 2.63 bits per heavy atom. The molecule has 1 amide bonds. The number of rotatable bonds is 3. The van der Waals surface area contributed by atoms with Crippen molar-refractivity contribution >= 4 is 11.7 Å². The molecule has 3 aromatic rings. The summed E-state index contributed by atoms with van der Waals surface area (Å²) in [6, 6.07) is 13.0. The largest absolute Gasteiger partial charge is 0.508 e. The topological polar surface area (TPSA) is 76.4 Å². The maximum absolute atomic E-state index is 12.5. The first-order valence-corrected chi connectivity index (χ1v) is 8.81. The summed E-state index contributed by atoms with van der Waals surface area (Å²) in [7, 11) is 1.58. The molecule has 6 nitrogen and oxygen atoms in total. The molecule has 0 spiro atoms. The molecule has 0 bridgehead atoms. The molecule has 4 rings (SSSR count). The van der Waals surface area contributed by atoms with Crippen molar-refractivity contribution < 1.29 is 14.6 Å². The lowest BCUT2D eigenvalue weighted by Gasteiger charge is -2.25. The Balaban J connectivity index is 1.88. The van der Waals surface area contributed by atoms with Gasteiger partial charge in [0.15, 0.2) is 0 Å². The van der Waals surface area contributed by atoms with Crippen LogP contribution in [0.2, 0.25) is 0 Å². The molecule has 1 aliphatic rings. The fourth-order valence-corrected chi connectivity index (χ4v) is 3.62. The number of anilines is 1. The van der Waals surface area contributed by atoms with Gasteiger partial charge in [-0.1, -0.05) is 17.7 Å². The molecular formula is C21H21N3O3. The van der Waals surface area contributed by atoms with Crippen molar-refractivity contribution in [2.75, 3.05) is 12.4 Å². The monoisotopic (exact) mass is 363 g/mol. The zero-order chi connectivity index (χ0) is 19.1. The summed E-state index contributed by atoms with van der Waals surface area (Å²) in [5.74, 6) is 1.04. The first kappa shape index (κ1) is 17.1. The van der Waals surface area contributed by atoms with E-state index in [1.165, 1.54) is 0 Å². The van der Waals surface area contributed by atoms with Crippen LogP contribution in [0, 0.1) is 13.8 Å². The minimum atomic E-state index is -0.289. The quantitative estimate of drug-likeness (QED) is 0.744. The van der Waals surface area contributed by atoms with E-state index in [1.807, 2.05) is 38.1 Å². The van der Waals surface area contributed by atoms with Gasteiger partial charge in [0.2, 0.25) is 5.91 Å². The zero-order valence-electron chi connectivity index (χ0n) is 15.5. The average Bonchev–Trinajstić information content (AvgIpc) is 2.98. The molecule has 2 heterocycles. The number of ether oxygens (including phenoxy) is 1. The Labute approximate surface area is 157 Å². The number of amides is 1. The van der Waals surface area contributed by atoms with Gasteiger partial charge in [0, 0.05) is 23.5 Å². The fraction of sp³-hybridized carbons (Fsp3) is 0.238. The minimum absolute atomic E-state index is 0.108. The van der Waals surface area contributed by atoms with E-state index in [0.29, 0.717) is 17.1 Å². The third-order valence-corrected chi connectivity index (χ3v) is 4.99. The van der Waals surface area contributed by atoms with E-state index >= 15 is 0 Å². The maximum atomic E-state index is 12.5. The van der Waals surface area contributed by atoms with Crippen molar-refractivity contribution in [1.29, 1.82) is 0 Å². The van der Waals surface area contributed by atoms with Crippen LogP contribution in [0.15, 0.2) is 42.5 Å². The Bertz CT molecular complexity index is 1020. The van der Waals surface area contributed by atoms with Crippen molar-refractivity contribution in [3.05, 3.63) is 64.8 Å². The molecule has 0 fully saturated rings. The molecule has 0 saturated heterocycles. The molecule has 0 saturated carbocycles. The summed E-state index contributed by atoms with van der Waals surface area (Å²) in [5.41, 5.74) is 4.43. The van der Waals surface area contributed by atoms with Crippen LogP contribution in [0.4, 0.5) is 5.82 Å². The van der Waals surface area contributed by atoms with Crippen LogP contribution in [0.3, 0.4) is 0 Å². The molecule has 1 aromatic heterocycles. The van der Waals surface area contributed by atoms with Crippen LogP contribution < -0.4 is 10.1 Å². The van der Waals surface area contributed by atoms with E-state index in [2.05, 4.69) is 10.4 Å². The van der Waals surface area contributed by atoms with Crippen molar-refractivity contribution in [2.24, 2.45) is 0 Å². The van der Waals surface area contributed by atoms with E-state index in [9.17, 15) is 9.90 Å². The molecule has 6 heteroatoms. The number of hydrogen-bond acceptors (Lipinski definition) is 4. The number of nitrogens with zero attached hydrogens (tertiary/aromatic N) is 2. The summed E-state index contributed by atoms with van der Waals surface area (Å²) in [6.45, 7) is 3.95. The van der Waals surface area contributed by atoms with E-state index < -0.39 is 0 Å². The summed E-state index contributed by atoms with van der Waals surface area (Å²) in [4.78, 5) is 12.5. The Morgan fingerprint density at radius 1 is 1.19 bits per heavy atom. The van der Waals surface area contributed by atoms with Gasteiger partial charge in [-0.15, -0.1) is 0 Å². The van der Waals surface area contributed by atoms with Crippen LogP contribution >= 0.6 is 0 Å². The SMILES string of the molecule is COc1ccc(O)c(C2CC(=O)Nc3c2c(C)nn3-c2ccc(C)cc2)c1. The molecule has 138 valence electrons. The third kappa shape index (κ3) is 2.93. The van der Waals surface area contributed by atoms with E-state index in [0.717, 1.165) is 22.5 Å². The van der Waals surface area contributed by atoms with Crippen molar-refractivity contribution in [1.82, 2.24) is 9.78 Å². The van der Waals surface area contributed by atoms with Gasteiger partial charge in [0.1, 0.15) is 17.3 Å². The average molecular weight is 363 g/mol. The number of nitrogens with one attached hydrogen (secondary N) is 1. The number of aryl methyl sites for hydroxylation is 2. The molecule has 1 aliphatic heterocycles. The second-order valence-corrected chi connectivity index (χ2v) is 6.82. The standard InChI is InChI=1S/C21H21N3O3/c1-12-4-6-14(7-5-12)24-21-20(13(2)23-24)17(11-19(26)22-21)16-10-15(27-3)8-9-18(16)25/h4-10,17,25H,11H2,1-3H3,(H,22,26). The molecule has 1 atom stereocenters. The van der Waals surface area contributed by atoms with Crippen LogP contribution in [-0.4, -0.2) is 27.9 Å². The molecule has 2 aromatic carbocycles. The van der Waals surface area contributed by atoms with Crippen LogP contribution in [0.5, 0.6) is 11.5 Å². The van der Waals surface area contributed by atoms with Gasteiger partial charge in [-0.25, -0.2) is 4.68 Å². The molecule has 27 heavy (non-hydrogen) atoms. The minimum Gasteiger partial charge on any atom is -0.508 e. The van der Waals surface area contributed by atoms with E-state index in [-0.39, 0.29) is 24.0 Å². The number of methoxy groups -OCH3 is 1. The lowest BCUT2D eigenvalue weighted by atomic mass is 9.85. The first-order chi connectivity index (χ1) is 13.0. The third-order valence-electron chi connectivity index (χ3n) is 4.99. The number of phenols is 1. The second kappa shape index (κ2) is 6.46. The predicted molar refractivity (Wildman–Crippen MR) is 103 cm³/mol. The summed E-state index contributed by atoms with van der Waals surface area (Å²) >= 11 is 0. The van der Waals surface area contributed by atoms with Gasteiger partial charge in [0.05, 0.1) is 18.5 Å². The highest BCUT2D eigenvalue weighted by molar-refractivity contribution is 5.95. The summed E-state index contributed by atoms with van der Waals surface area (Å²) < 4.78 is 7.05. The van der Waals surface area contributed by atoms with E-state index in [1.54, 1.807) is 30.0 Å². The highest BCUT2D eigenvalue weighted by Gasteiger charge is 2.34. The molecule has 1 unspecified atom stereocenters. The number of phenolic OH excluding ortho intramolecular Hbond substituents is 1. The summed E-state index contributed by atoms with van der Waals surface area (Å²) in [6.07, 6.45) is 0.244. The van der Waals surface area contributed by atoms with Gasteiger partial charge in [0.25, 0.3) is 0 Å². The highest BCUT2D eigenvalue weighted by Crippen LogP contribution is 2.43. The fourth-order valence-electron chi connectivity index (χ4n) is 3.62. The van der Waals surface area contributed by atoms with Crippen LogP contribution in [-0.2, 0) is 4.79 Å². The van der Waals surface area contributed by atoms with Crippen molar-refractivity contribution in [3.8, 4) is 17.2 Å². The zero-order valence-corrected chi connectivity index (χ0v) is 15.5.